The van der Waals surface area contributed by atoms with Crippen molar-refractivity contribution in [3.8, 4) is 0 Å². The van der Waals surface area contributed by atoms with Crippen molar-refractivity contribution in [3.63, 3.8) is 0 Å². The van der Waals surface area contributed by atoms with Crippen molar-refractivity contribution in [2.75, 3.05) is 13.1 Å². The first-order valence-electron chi connectivity index (χ1n) is 7.81. The van der Waals surface area contributed by atoms with E-state index in [-0.39, 0.29) is 11.8 Å². The molecule has 0 aliphatic carbocycles. The first-order chi connectivity index (χ1) is 11.1. The number of nitrogens with zero attached hydrogens (tertiary/aromatic N) is 1. The molecule has 1 aliphatic heterocycles. The highest BCUT2D eigenvalue weighted by Crippen LogP contribution is 2.25. The van der Waals surface area contributed by atoms with Crippen LogP contribution in [-0.4, -0.2) is 29.8 Å². The Labute approximate surface area is 140 Å². The van der Waals surface area contributed by atoms with Gasteiger partial charge in [0.2, 0.25) is 11.8 Å². The number of hydrogen-bond donors (Lipinski definition) is 1. The largest absolute Gasteiger partial charge is 0.352 e. The maximum Gasteiger partial charge on any atom is 0.247 e. The summed E-state index contributed by atoms with van der Waals surface area (Å²) in [7, 11) is 0. The summed E-state index contributed by atoms with van der Waals surface area (Å²) in [5.41, 5.74) is 1.97. The molecule has 1 aliphatic rings. The molecule has 23 heavy (non-hydrogen) atoms. The van der Waals surface area contributed by atoms with Crippen LogP contribution in [0.3, 0.4) is 0 Å². The topological polar surface area (TPSA) is 49.4 Å². The number of carbonyl (C=O) groups is 2. The molecule has 3 rings (SSSR count). The fourth-order valence-electron chi connectivity index (χ4n) is 2.94. The third-order valence-corrected chi connectivity index (χ3v) is 4.99. The minimum absolute atomic E-state index is 0.0414. The molecule has 1 saturated heterocycles. The summed E-state index contributed by atoms with van der Waals surface area (Å²) in [5.74, 6) is -0.0499. The normalized spacial score (nSPS) is 17.9. The Morgan fingerprint density at radius 2 is 2.22 bits per heavy atom. The summed E-state index contributed by atoms with van der Waals surface area (Å²) < 4.78 is 0. The lowest BCUT2D eigenvalue weighted by Crippen LogP contribution is -2.52. The zero-order valence-corrected chi connectivity index (χ0v) is 13.9. The lowest BCUT2D eigenvalue weighted by molar-refractivity contribution is -0.143. The van der Waals surface area contributed by atoms with Gasteiger partial charge in [-0.3, -0.25) is 9.59 Å². The number of hydrogen-bond acceptors (Lipinski definition) is 3. The van der Waals surface area contributed by atoms with Crippen molar-refractivity contribution < 1.29 is 9.59 Å². The molecule has 0 spiro atoms. The van der Waals surface area contributed by atoms with E-state index < -0.39 is 6.04 Å². The van der Waals surface area contributed by atoms with Gasteiger partial charge in [0.15, 0.2) is 0 Å². The molecule has 5 heteroatoms. The lowest BCUT2D eigenvalue weighted by atomic mass is 10.00. The van der Waals surface area contributed by atoms with Crippen LogP contribution in [0, 0.1) is 6.92 Å². The van der Waals surface area contributed by atoms with Gasteiger partial charge in [0.25, 0.3) is 0 Å². The average Bonchev–Trinajstić information content (AvgIpc) is 3.05. The van der Waals surface area contributed by atoms with E-state index in [9.17, 15) is 9.59 Å². The van der Waals surface area contributed by atoms with Gasteiger partial charge < -0.3 is 10.2 Å². The number of benzene rings is 1. The Morgan fingerprint density at radius 1 is 1.35 bits per heavy atom. The Hall–Kier alpha value is -2.14. The van der Waals surface area contributed by atoms with Crippen LogP contribution < -0.4 is 5.32 Å². The highest BCUT2D eigenvalue weighted by Gasteiger charge is 2.33. The molecule has 1 fully saturated rings. The van der Waals surface area contributed by atoms with E-state index in [2.05, 4.69) is 5.32 Å². The molecule has 4 nitrogen and oxygen atoms in total. The van der Waals surface area contributed by atoms with Gasteiger partial charge in [-0.2, -0.15) is 0 Å². The fourth-order valence-corrected chi connectivity index (χ4v) is 3.64. The molecule has 1 atom stereocenters. The van der Waals surface area contributed by atoms with E-state index in [1.165, 1.54) is 4.88 Å². The molecule has 1 N–H and O–H groups in total. The van der Waals surface area contributed by atoms with Gasteiger partial charge in [-0.1, -0.05) is 35.9 Å². The smallest absolute Gasteiger partial charge is 0.247 e. The van der Waals surface area contributed by atoms with Crippen molar-refractivity contribution in [3.05, 3.63) is 57.8 Å². The molecule has 0 radical (unpaired) electrons. The highest BCUT2D eigenvalue weighted by atomic mass is 32.1. The van der Waals surface area contributed by atoms with Gasteiger partial charge in [0.1, 0.15) is 6.04 Å². The number of piperazine rings is 1. The molecule has 0 bridgehead atoms. The molecule has 1 aromatic heterocycles. The molecule has 2 aromatic rings. The van der Waals surface area contributed by atoms with Crippen LogP contribution >= 0.6 is 11.3 Å². The molecule has 120 valence electrons. The Morgan fingerprint density at radius 3 is 2.96 bits per heavy atom. The van der Waals surface area contributed by atoms with Crippen LogP contribution in [0.15, 0.2) is 41.8 Å². The molecule has 2 amide bonds. The maximum atomic E-state index is 12.7. The maximum absolute atomic E-state index is 12.7. The fraction of sp³-hybridized carbons (Fsp3) is 0.333. The van der Waals surface area contributed by atoms with Gasteiger partial charge in [-0.25, -0.2) is 0 Å². The van der Waals surface area contributed by atoms with Crippen molar-refractivity contribution in [1.82, 2.24) is 10.2 Å². The second-order valence-corrected chi connectivity index (χ2v) is 6.81. The average molecular weight is 328 g/mol. The van der Waals surface area contributed by atoms with Crippen LogP contribution in [0.5, 0.6) is 0 Å². The summed E-state index contributed by atoms with van der Waals surface area (Å²) in [4.78, 5) is 27.9. The first-order valence-corrected chi connectivity index (χ1v) is 8.69. The van der Waals surface area contributed by atoms with Crippen molar-refractivity contribution in [1.29, 1.82) is 0 Å². The SMILES string of the molecule is Cc1cccc(C2C(=O)NCCN2C(=O)CCc2cccs2)c1. The summed E-state index contributed by atoms with van der Waals surface area (Å²) in [6.07, 6.45) is 1.17. The Bertz CT molecular complexity index is 697. The number of aryl methyl sites for hydroxylation is 2. The van der Waals surface area contributed by atoms with Crippen LogP contribution in [0.25, 0.3) is 0 Å². The number of amides is 2. The first kappa shape index (κ1) is 15.7. The van der Waals surface area contributed by atoms with Crippen molar-refractivity contribution in [2.24, 2.45) is 0 Å². The Balaban J connectivity index is 1.77. The second-order valence-electron chi connectivity index (χ2n) is 5.77. The minimum atomic E-state index is -0.514. The lowest BCUT2D eigenvalue weighted by Gasteiger charge is -2.35. The predicted octanol–water partition coefficient (Wildman–Crippen LogP) is 2.69. The van der Waals surface area contributed by atoms with E-state index in [1.54, 1.807) is 16.2 Å². The molecular formula is C18H20N2O2S. The zero-order valence-electron chi connectivity index (χ0n) is 13.1. The van der Waals surface area contributed by atoms with E-state index in [0.717, 1.165) is 17.5 Å². The quantitative estimate of drug-likeness (QED) is 0.938. The highest BCUT2D eigenvalue weighted by molar-refractivity contribution is 7.09. The number of carbonyl (C=O) groups excluding carboxylic acids is 2. The van der Waals surface area contributed by atoms with E-state index in [4.69, 9.17) is 0 Å². The van der Waals surface area contributed by atoms with Crippen molar-refractivity contribution in [2.45, 2.75) is 25.8 Å². The Kier molecular flexibility index (Phi) is 4.76. The third kappa shape index (κ3) is 3.62. The molecule has 1 unspecified atom stereocenters. The standard InChI is InChI=1S/C18H20N2O2S/c1-13-4-2-5-14(12-13)17-18(22)19-9-10-20(17)16(21)8-7-15-6-3-11-23-15/h2-6,11-12,17H,7-10H2,1H3,(H,19,22). The molecule has 0 saturated carbocycles. The monoisotopic (exact) mass is 328 g/mol. The van der Waals surface area contributed by atoms with Gasteiger partial charge in [-0.05, 0) is 30.4 Å². The summed E-state index contributed by atoms with van der Waals surface area (Å²) in [6.45, 7) is 3.08. The molecular weight excluding hydrogens is 308 g/mol. The van der Waals surface area contributed by atoms with E-state index in [1.807, 2.05) is 48.7 Å². The van der Waals surface area contributed by atoms with Crippen LogP contribution in [0.1, 0.15) is 28.5 Å². The number of thiophene rings is 1. The minimum Gasteiger partial charge on any atom is -0.352 e. The van der Waals surface area contributed by atoms with Crippen molar-refractivity contribution >= 4 is 23.2 Å². The van der Waals surface area contributed by atoms with Crippen LogP contribution in [-0.2, 0) is 16.0 Å². The van der Waals surface area contributed by atoms with Crippen LogP contribution in [0.4, 0.5) is 0 Å². The van der Waals surface area contributed by atoms with Gasteiger partial charge >= 0.3 is 0 Å². The summed E-state index contributed by atoms with van der Waals surface area (Å²) in [5, 5.41) is 4.89. The van der Waals surface area contributed by atoms with E-state index >= 15 is 0 Å². The zero-order chi connectivity index (χ0) is 16.2. The predicted molar refractivity (Wildman–Crippen MR) is 91.3 cm³/mol. The summed E-state index contributed by atoms with van der Waals surface area (Å²) in [6, 6.07) is 11.3. The number of nitrogens with one attached hydrogen (secondary N) is 1. The number of rotatable bonds is 4. The van der Waals surface area contributed by atoms with Gasteiger partial charge in [0, 0.05) is 24.4 Å². The second kappa shape index (κ2) is 6.96. The van der Waals surface area contributed by atoms with Crippen LogP contribution in [0.2, 0.25) is 0 Å². The van der Waals surface area contributed by atoms with Gasteiger partial charge in [0.05, 0.1) is 0 Å². The van der Waals surface area contributed by atoms with E-state index in [0.29, 0.717) is 19.5 Å². The van der Waals surface area contributed by atoms with Gasteiger partial charge in [-0.15, -0.1) is 11.3 Å². The summed E-state index contributed by atoms with van der Waals surface area (Å²) >= 11 is 1.66. The third-order valence-electron chi connectivity index (χ3n) is 4.06. The molecule has 2 heterocycles. The molecule has 1 aromatic carbocycles.